The normalized spacial score (nSPS) is 10.7. The maximum atomic E-state index is 11.7. The third-order valence-electron chi connectivity index (χ3n) is 2.93. The maximum Gasteiger partial charge on any atom is 0.277 e. The Bertz CT molecular complexity index is 812. The molecule has 0 aliphatic rings. The number of carbonyl (C=O) groups excluding carboxylic acids is 1. The van der Waals surface area contributed by atoms with Gasteiger partial charge in [-0.05, 0) is 18.2 Å². The average molecular weight is 404 g/mol. The summed E-state index contributed by atoms with van der Waals surface area (Å²) in [5.74, 6) is -0.197. The van der Waals surface area contributed by atoms with Crippen molar-refractivity contribution in [1.82, 2.24) is 5.43 Å². The number of phenols is 1. The summed E-state index contributed by atoms with van der Waals surface area (Å²) in [4.78, 5) is 11.7. The van der Waals surface area contributed by atoms with Crippen molar-refractivity contribution in [1.29, 1.82) is 0 Å². The number of methoxy groups -OCH3 is 1. The van der Waals surface area contributed by atoms with Crippen molar-refractivity contribution in [2.24, 2.45) is 5.10 Å². The molecule has 0 saturated carbocycles. The number of carbonyl (C=O) groups is 1. The van der Waals surface area contributed by atoms with E-state index in [2.05, 4.69) is 10.5 Å². The Kier molecular flexibility index (Phi) is 6.75. The van der Waals surface area contributed by atoms with E-state index in [0.717, 1.165) is 0 Å². The van der Waals surface area contributed by atoms with Gasteiger partial charge in [0.2, 0.25) is 0 Å². The molecule has 2 aromatic rings. The van der Waals surface area contributed by atoms with Crippen LogP contribution in [0, 0.1) is 0 Å². The van der Waals surface area contributed by atoms with Gasteiger partial charge in [-0.15, -0.1) is 0 Å². The molecule has 0 aliphatic carbocycles. The Morgan fingerprint density at radius 2 is 1.92 bits per heavy atom. The lowest BCUT2D eigenvalue weighted by Crippen LogP contribution is -2.24. The van der Waals surface area contributed by atoms with E-state index in [1.165, 1.54) is 31.5 Å². The van der Waals surface area contributed by atoms with Gasteiger partial charge in [-0.1, -0.05) is 34.8 Å². The van der Waals surface area contributed by atoms with Crippen LogP contribution in [0.4, 0.5) is 0 Å². The van der Waals surface area contributed by atoms with Crippen LogP contribution in [0.3, 0.4) is 0 Å². The van der Waals surface area contributed by atoms with Crippen LogP contribution in [-0.2, 0) is 4.79 Å². The monoisotopic (exact) mass is 402 g/mol. The third-order valence-corrected chi connectivity index (χ3v) is 3.70. The molecule has 0 spiro atoms. The highest BCUT2D eigenvalue weighted by Gasteiger charge is 2.09. The number of ether oxygens (including phenoxy) is 2. The molecule has 0 radical (unpaired) electrons. The topological polar surface area (TPSA) is 80.2 Å². The van der Waals surface area contributed by atoms with Crippen LogP contribution in [0.1, 0.15) is 5.56 Å². The van der Waals surface area contributed by atoms with Crippen LogP contribution < -0.4 is 14.9 Å². The van der Waals surface area contributed by atoms with Crippen LogP contribution in [0.5, 0.6) is 17.2 Å². The zero-order chi connectivity index (χ0) is 18.4. The molecule has 9 heteroatoms. The van der Waals surface area contributed by atoms with E-state index in [-0.39, 0.29) is 29.4 Å². The number of hydrogen-bond donors (Lipinski definition) is 2. The number of nitrogens with one attached hydrogen (secondary N) is 1. The summed E-state index contributed by atoms with van der Waals surface area (Å²) in [5.41, 5.74) is 2.54. The zero-order valence-corrected chi connectivity index (χ0v) is 15.2. The molecule has 6 nitrogen and oxygen atoms in total. The molecule has 132 valence electrons. The average Bonchev–Trinajstić information content (AvgIpc) is 2.58. The largest absolute Gasteiger partial charge is 0.504 e. The van der Waals surface area contributed by atoms with Gasteiger partial charge in [0.15, 0.2) is 18.1 Å². The molecule has 1 amide bonds. The van der Waals surface area contributed by atoms with Crippen molar-refractivity contribution in [2.45, 2.75) is 0 Å². The van der Waals surface area contributed by atoms with Gasteiger partial charge >= 0.3 is 0 Å². The molecule has 0 saturated heterocycles. The van der Waals surface area contributed by atoms with E-state index < -0.39 is 5.91 Å². The van der Waals surface area contributed by atoms with E-state index >= 15 is 0 Å². The number of aromatic hydroxyl groups is 1. The van der Waals surface area contributed by atoms with Gasteiger partial charge in [-0.25, -0.2) is 5.43 Å². The predicted molar refractivity (Wildman–Crippen MR) is 97.4 cm³/mol. The fourth-order valence-electron chi connectivity index (χ4n) is 1.79. The predicted octanol–water partition coefficient (Wildman–Crippen LogP) is 3.89. The van der Waals surface area contributed by atoms with Gasteiger partial charge < -0.3 is 14.6 Å². The smallest absolute Gasteiger partial charge is 0.277 e. The first-order chi connectivity index (χ1) is 11.9. The molecule has 0 fully saturated rings. The summed E-state index contributed by atoms with van der Waals surface area (Å²) < 4.78 is 10.2. The Balaban J connectivity index is 1.95. The minimum atomic E-state index is -0.527. The first kappa shape index (κ1) is 19.2. The fraction of sp³-hybridized carbons (Fsp3) is 0.125. The highest BCUT2D eigenvalue weighted by atomic mass is 35.5. The van der Waals surface area contributed by atoms with Gasteiger partial charge in [0, 0.05) is 27.7 Å². The highest BCUT2D eigenvalue weighted by molar-refractivity contribution is 6.34. The number of halogens is 3. The second-order valence-corrected chi connectivity index (χ2v) is 5.98. The first-order valence-electron chi connectivity index (χ1n) is 6.87. The minimum absolute atomic E-state index is 0.146. The molecule has 0 aliphatic heterocycles. The molecule has 0 aromatic heterocycles. The number of hydrazone groups is 1. The van der Waals surface area contributed by atoms with Crippen LogP contribution in [-0.4, -0.2) is 30.9 Å². The van der Waals surface area contributed by atoms with Crippen LogP contribution in [0.2, 0.25) is 15.1 Å². The summed E-state index contributed by atoms with van der Waals surface area (Å²) in [6.45, 7) is -0.317. The first-order valence-corrected chi connectivity index (χ1v) is 8.00. The molecular formula is C16H13Cl3N2O4. The number of benzene rings is 2. The third kappa shape index (κ3) is 5.42. The standard InChI is InChI=1S/C16H13Cl3N2O4/c1-24-14-6-11(18)4-9(16(14)23)7-20-21-15(22)8-25-13-5-10(17)2-3-12(13)19/h2-7,23H,8H2,1H3,(H,21,22). The van der Waals surface area contributed by atoms with Gasteiger partial charge in [-0.3, -0.25) is 4.79 Å². The van der Waals surface area contributed by atoms with E-state index in [9.17, 15) is 9.90 Å². The van der Waals surface area contributed by atoms with Crippen molar-refractivity contribution in [2.75, 3.05) is 13.7 Å². The molecule has 0 atom stereocenters. The van der Waals surface area contributed by atoms with Crippen molar-refractivity contribution in [3.8, 4) is 17.2 Å². The summed E-state index contributed by atoms with van der Waals surface area (Å²) in [6.07, 6.45) is 1.23. The molecule has 0 unspecified atom stereocenters. The van der Waals surface area contributed by atoms with E-state index in [1.54, 1.807) is 12.1 Å². The molecule has 2 rings (SSSR count). The molecule has 0 heterocycles. The van der Waals surface area contributed by atoms with Gasteiger partial charge in [-0.2, -0.15) is 5.10 Å². The van der Waals surface area contributed by atoms with E-state index in [0.29, 0.717) is 15.1 Å². The summed E-state index contributed by atoms with van der Waals surface area (Å²) in [7, 11) is 1.40. The molecule has 0 bridgehead atoms. The number of hydrogen-bond acceptors (Lipinski definition) is 5. The minimum Gasteiger partial charge on any atom is -0.504 e. The molecular weight excluding hydrogens is 391 g/mol. The van der Waals surface area contributed by atoms with Crippen molar-refractivity contribution in [3.05, 3.63) is 51.0 Å². The Morgan fingerprint density at radius 3 is 2.64 bits per heavy atom. The number of nitrogens with zero attached hydrogens (tertiary/aromatic N) is 1. The number of amides is 1. The van der Waals surface area contributed by atoms with Crippen molar-refractivity contribution in [3.63, 3.8) is 0 Å². The summed E-state index contributed by atoms with van der Waals surface area (Å²) in [6, 6.07) is 7.58. The fourth-order valence-corrected chi connectivity index (χ4v) is 2.34. The van der Waals surface area contributed by atoms with Gasteiger partial charge in [0.1, 0.15) is 5.75 Å². The Labute approximate surface area is 158 Å². The van der Waals surface area contributed by atoms with Crippen LogP contribution in [0.25, 0.3) is 0 Å². The van der Waals surface area contributed by atoms with Gasteiger partial charge in [0.25, 0.3) is 5.91 Å². The second kappa shape index (κ2) is 8.80. The van der Waals surface area contributed by atoms with Crippen LogP contribution >= 0.6 is 34.8 Å². The Morgan fingerprint density at radius 1 is 1.20 bits per heavy atom. The second-order valence-electron chi connectivity index (χ2n) is 4.70. The number of rotatable bonds is 6. The van der Waals surface area contributed by atoms with Crippen LogP contribution in [0.15, 0.2) is 35.4 Å². The molecule has 2 N–H and O–H groups in total. The number of phenolic OH excluding ortho intramolecular Hbond substituents is 1. The lowest BCUT2D eigenvalue weighted by atomic mass is 10.2. The zero-order valence-electron chi connectivity index (χ0n) is 12.9. The van der Waals surface area contributed by atoms with Crippen molar-refractivity contribution < 1.29 is 19.4 Å². The quantitative estimate of drug-likeness (QED) is 0.566. The SMILES string of the molecule is COc1cc(Cl)cc(C=NNC(=O)COc2cc(Cl)ccc2Cl)c1O. The van der Waals surface area contributed by atoms with E-state index in [1.807, 2.05) is 0 Å². The lowest BCUT2D eigenvalue weighted by Gasteiger charge is -2.08. The van der Waals surface area contributed by atoms with Crippen molar-refractivity contribution >= 4 is 46.9 Å². The molecule has 25 heavy (non-hydrogen) atoms. The molecule has 2 aromatic carbocycles. The maximum absolute atomic E-state index is 11.7. The lowest BCUT2D eigenvalue weighted by molar-refractivity contribution is -0.123. The summed E-state index contributed by atoms with van der Waals surface area (Å²) >= 11 is 17.7. The Hall–Kier alpha value is -2.15. The summed E-state index contributed by atoms with van der Waals surface area (Å²) in [5, 5.41) is 14.8. The van der Waals surface area contributed by atoms with Gasteiger partial charge in [0.05, 0.1) is 18.3 Å². The highest BCUT2D eigenvalue weighted by Crippen LogP contribution is 2.32. The van der Waals surface area contributed by atoms with E-state index in [4.69, 9.17) is 44.3 Å².